The second kappa shape index (κ2) is 6.99. The third kappa shape index (κ3) is 4.12. The molecule has 23 heavy (non-hydrogen) atoms. The van der Waals surface area contributed by atoms with Crippen molar-refractivity contribution in [3.05, 3.63) is 24.3 Å². The number of benzene rings is 1. The van der Waals surface area contributed by atoms with Gasteiger partial charge in [0.1, 0.15) is 6.61 Å². The third-order valence-electron chi connectivity index (χ3n) is 3.12. The second-order valence-electron chi connectivity index (χ2n) is 5.32. The zero-order chi connectivity index (χ0) is 17.0. The molecule has 0 spiro atoms. The van der Waals surface area contributed by atoms with Crippen LogP contribution in [0.4, 0.5) is 4.79 Å². The number of hydrogen-bond donors (Lipinski definition) is 2. The van der Waals surface area contributed by atoms with Gasteiger partial charge in [-0.25, -0.2) is 9.59 Å². The highest BCUT2D eigenvalue weighted by atomic mass is 16.6. The summed E-state index contributed by atoms with van der Waals surface area (Å²) in [5.74, 6) is -0.933. The number of carbonyl (C=O) groups is 3. The maximum Gasteiger partial charge on any atom is 0.351 e. The zero-order valence-corrected chi connectivity index (χ0v) is 12.8. The molecule has 0 bridgehead atoms. The molecule has 2 rings (SSSR count). The molecule has 0 aliphatic carbocycles. The maximum atomic E-state index is 12.2. The lowest BCUT2D eigenvalue weighted by Crippen LogP contribution is -2.48. The Bertz CT molecular complexity index is 616. The normalized spacial score (nSPS) is 17.3. The first-order valence-corrected chi connectivity index (χ1v) is 7.07. The summed E-state index contributed by atoms with van der Waals surface area (Å²) in [6.07, 6.45) is -2.15. The van der Waals surface area contributed by atoms with Gasteiger partial charge in [-0.15, -0.1) is 0 Å². The van der Waals surface area contributed by atoms with Gasteiger partial charge in [0, 0.05) is 0 Å². The largest absolute Gasteiger partial charge is 0.485 e. The average molecular weight is 322 g/mol. The van der Waals surface area contributed by atoms with E-state index in [9.17, 15) is 14.4 Å². The monoisotopic (exact) mass is 322 g/mol. The maximum absolute atomic E-state index is 12.2. The van der Waals surface area contributed by atoms with Gasteiger partial charge in [-0.2, -0.15) is 0 Å². The van der Waals surface area contributed by atoms with Gasteiger partial charge >= 0.3 is 12.0 Å². The van der Waals surface area contributed by atoms with Gasteiger partial charge in [0.25, 0.3) is 5.91 Å². The van der Waals surface area contributed by atoms with E-state index in [2.05, 4.69) is 0 Å². The molecular formula is C15H18N2O6. The number of amides is 3. The molecule has 3 amide bonds. The van der Waals surface area contributed by atoms with E-state index in [1.165, 1.54) is 0 Å². The van der Waals surface area contributed by atoms with Crippen LogP contribution in [0.25, 0.3) is 0 Å². The summed E-state index contributed by atoms with van der Waals surface area (Å²) in [6, 6.07) is 5.89. The minimum Gasteiger partial charge on any atom is -0.485 e. The Labute approximate surface area is 132 Å². The summed E-state index contributed by atoms with van der Waals surface area (Å²) >= 11 is 0. The molecule has 0 unspecified atom stereocenters. The first-order valence-electron chi connectivity index (χ1n) is 7.07. The van der Waals surface area contributed by atoms with Crippen molar-refractivity contribution in [2.75, 3.05) is 6.61 Å². The SMILES string of the molecule is CC(C)[C@@H](OC(=O)[C@@H]1COc2ccccc2O1)C(=O)NC(N)=O. The average Bonchev–Trinajstić information content (AvgIpc) is 2.50. The van der Waals surface area contributed by atoms with Gasteiger partial charge < -0.3 is 19.9 Å². The topological polar surface area (TPSA) is 117 Å². The van der Waals surface area contributed by atoms with E-state index >= 15 is 0 Å². The number of carbonyl (C=O) groups excluding carboxylic acids is 3. The molecule has 1 aromatic rings. The van der Waals surface area contributed by atoms with Crippen molar-refractivity contribution in [1.82, 2.24) is 5.32 Å². The predicted octanol–water partition coefficient (Wildman–Crippen LogP) is 0.589. The predicted molar refractivity (Wildman–Crippen MR) is 78.8 cm³/mol. The highest BCUT2D eigenvalue weighted by molar-refractivity contribution is 5.97. The van der Waals surface area contributed by atoms with Crippen molar-refractivity contribution < 1.29 is 28.6 Å². The summed E-state index contributed by atoms with van der Waals surface area (Å²) in [7, 11) is 0. The van der Waals surface area contributed by atoms with Crippen molar-refractivity contribution in [1.29, 1.82) is 0 Å². The van der Waals surface area contributed by atoms with Gasteiger partial charge in [0.15, 0.2) is 17.6 Å². The van der Waals surface area contributed by atoms with Crippen molar-refractivity contribution >= 4 is 17.9 Å². The lowest BCUT2D eigenvalue weighted by Gasteiger charge is -2.27. The van der Waals surface area contributed by atoms with Crippen LogP contribution < -0.4 is 20.5 Å². The van der Waals surface area contributed by atoms with Crippen molar-refractivity contribution in [3.8, 4) is 11.5 Å². The number of esters is 1. The van der Waals surface area contributed by atoms with Crippen molar-refractivity contribution in [3.63, 3.8) is 0 Å². The minimum atomic E-state index is -1.16. The smallest absolute Gasteiger partial charge is 0.351 e. The van der Waals surface area contributed by atoms with Gasteiger partial charge in [0.2, 0.25) is 6.10 Å². The Balaban J connectivity index is 2.02. The van der Waals surface area contributed by atoms with E-state index in [0.29, 0.717) is 11.5 Å². The number of primary amides is 1. The Kier molecular flexibility index (Phi) is 5.05. The third-order valence-corrected chi connectivity index (χ3v) is 3.12. The van der Waals surface area contributed by atoms with E-state index in [4.69, 9.17) is 19.9 Å². The molecule has 8 nitrogen and oxygen atoms in total. The van der Waals surface area contributed by atoms with Gasteiger partial charge in [0.05, 0.1) is 0 Å². The van der Waals surface area contributed by atoms with Gasteiger partial charge in [-0.3, -0.25) is 10.1 Å². The molecule has 1 aliphatic rings. The number of hydrogen-bond acceptors (Lipinski definition) is 6. The molecular weight excluding hydrogens is 304 g/mol. The van der Waals surface area contributed by atoms with Crippen LogP contribution in [-0.2, 0) is 14.3 Å². The lowest BCUT2D eigenvalue weighted by molar-refractivity contribution is -0.167. The van der Waals surface area contributed by atoms with E-state index in [-0.39, 0.29) is 12.5 Å². The Morgan fingerprint density at radius 2 is 1.91 bits per heavy atom. The number of urea groups is 1. The number of ether oxygens (including phenoxy) is 3. The standard InChI is InChI=1S/C15H18N2O6/c1-8(2)12(13(18)17-15(16)20)23-14(19)11-7-21-9-5-3-4-6-10(9)22-11/h3-6,8,11-12H,7H2,1-2H3,(H3,16,17,18,20)/t11-,12+/m0/s1. The molecule has 1 heterocycles. The Morgan fingerprint density at radius 1 is 1.26 bits per heavy atom. The highest BCUT2D eigenvalue weighted by Gasteiger charge is 2.34. The van der Waals surface area contributed by atoms with E-state index in [1.54, 1.807) is 38.1 Å². The number of para-hydroxylation sites is 2. The fourth-order valence-corrected chi connectivity index (χ4v) is 2.02. The number of imide groups is 1. The van der Waals surface area contributed by atoms with Crippen LogP contribution in [0, 0.1) is 5.92 Å². The Hall–Kier alpha value is -2.77. The first-order chi connectivity index (χ1) is 10.9. The summed E-state index contributed by atoms with van der Waals surface area (Å²) in [4.78, 5) is 34.8. The zero-order valence-electron chi connectivity index (χ0n) is 12.8. The van der Waals surface area contributed by atoms with Crippen LogP contribution >= 0.6 is 0 Å². The summed E-state index contributed by atoms with van der Waals surface area (Å²) in [5.41, 5.74) is 4.90. The molecule has 0 aromatic heterocycles. The molecule has 124 valence electrons. The second-order valence-corrected chi connectivity index (χ2v) is 5.32. The van der Waals surface area contributed by atoms with Gasteiger partial charge in [-0.1, -0.05) is 26.0 Å². The van der Waals surface area contributed by atoms with Crippen LogP contribution in [0.2, 0.25) is 0 Å². The molecule has 1 aliphatic heterocycles. The Morgan fingerprint density at radius 3 is 2.52 bits per heavy atom. The van der Waals surface area contributed by atoms with E-state index in [0.717, 1.165) is 0 Å². The summed E-state index contributed by atoms with van der Waals surface area (Å²) < 4.78 is 16.1. The van der Waals surface area contributed by atoms with E-state index < -0.39 is 30.1 Å². The first kappa shape index (κ1) is 16.6. The fraction of sp³-hybridized carbons (Fsp3) is 0.400. The minimum absolute atomic E-state index is 0.0297. The molecule has 0 saturated heterocycles. The van der Waals surface area contributed by atoms with Crippen LogP contribution in [0.5, 0.6) is 11.5 Å². The van der Waals surface area contributed by atoms with Crippen LogP contribution in [0.3, 0.4) is 0 Å². The highest BCUT2D eigenvalue weighted by Crippen LogP contribution is 2.31. The molecule has 0 fully saturated rings. The molecule has 0 radical (unpaired) electrons. The van der Waals surface area contributed by atoms with Gasteiger partial charge in [-0.05, 0) is 18.1 Å². The molecule has 2 atom stereocenters. The van der Waals surface area contributed by atoms with Crippen LogP contribution in [0.15, 0.2) is 24.3 Å². The van der Waals surface area contributed by atoms with E-state index in [1.807, 2.05) is 5.32 Å². The number of nitrogens with one attached hydrogen (secondary N) is 1. The number of fused-ring (bicyclic) bond motifs is 1. The van der Waals surface area contributed by atoms with Crippen LogP contribution in [-0.4, -0.2) is 36.7 Å². The molecule has 8 heteroatoms. The lowest BCUT2D eigenvalue weighted by atomic mass is 10.1. The van der Waals surface area contributed by atoms with Crippen LogP contribution in [0.1, 0.15) is 13.8 Å². The molecule has 3 N–H and O–H groups in total. The quantitative estimate of drug-likeness (QED) is 0.784. The number of nitrogens with two attached hydrogens (primary N) is 1. The fourth-order valence-electron chi connectivity index (χ4n) is 2.02. The summed E-state index contributed by atoms with van der Waals surface area (Å²) in [5, 5.41) is 1.90. The van der Waals surface area contributed by atoms with Crippen molar-refractivity contribution in [2.45, 2.75) is 26.1 Å². The molecule has 0 saturated carbocycles. The number of rotatable bonds is 4. The summed E-state index contributed by atoms with van der Waals surface area (Å²) in [6.45, 7) is 3.32. The van der Waals surface area contributed by atoms with Crippen molar-refractivity contribution in [2.24, 2.45) is 11.7 Å². The molecule has 1 aromatic carbocycles.